The van der Waals surface area contributed by atoms with Crippen molar-refractivity contribution in [2.24, 2.45) is 5.41 Å². The minimum atomic E-state index is -4.97. The van der Waals surface area contributed by atoms with Gasteiger partial charge in [-0.1, -0.05) is 24.1 Å². The summed E-state index contributed by atoms with van der Waals surface area (Å²) in [7, 11) is -4.47. The maximum atomic E-state index is 13.3. The Kier molecular flexibility index (Phi) is 6.12. The molecule has 24 heavy (non-hydrogen) atoms. The molecule has 0 aromatic heterocycles. The lowest BCUT2D eigenvalue weighted by Gasteiger charge is -2.16. The van der Waals surface area contributed by atoms with Gasteiger partial charge < -0.3 is 4.74 Å². The van der Waals surface area contributed by atoms with E-state index in [1.54, 1.807) is 26.8 Å². The van der Waals surface area contributed by atoms with Gasteiger partial charge in [-0.25, -0.2) is 8.42 Å². The number of ether oxygens (including phenoxy) is 1. The molecule has 0 fully saturated rings. The van der Waals surface area contributed by atoms with Crippen LogP contribution in [0.5, 0.6) is 0 Å². The van der Waals surface area contributed by atoms with Crippen molar-refractivity contribution in [2.45, 2.75) is 38.8 Å². The van der Waals surface area contributed by atoms with Crippen LogP contribution in [0, 0.1) is 17.3 Å². The summed E-state index contributed by atoms with van der Waals surface area (Å²) in [6, 6.07) is 6.85. The summed E-state index contributed by atoms with van der Waals surface area (Å²) in [6.07, 6.45) is -4.97. The van der Waals surface area contributed by atoms with E-state index in [0.717, 1.165) is 0 Å². The van der Waals surface area contributed by atoms with Crippen molar-refractivity contribution in [3.8, 4) is 11.8 Å². The fourth-order valence-corrected chi connectivity index (χ4v) is 2.98. The fourth-order valence-electron chi connectivity index (χ4n) is 1.63. The van der Waals surface area contributed by atoms with Gasteiger partial charge in [-0.05, 0) is 45.7 Å². The quantitative estimate of drug-likeness (QED) is 0.593. The first-order chi connectivity index (χ1) is 10.9. The number of allylic oxidation sites excluding steroid dienone is 2. The van der Waals surface area contributed by atoms with E-state index in [2.05, 4.69) is 16.6 Å². The summed E-state index contributed by atoms with van der Waals surface area (Å²) in [5.74, 6) is 3.14. The van der Waals surface area contributed by atoms with Gasteiger partial charge in [0.15, 0.2) is 4.91 Å². The molecule has 0 bridgehead atoms. The van der Waals surface area contributed by atoms with E-state index in [4.69, 9.17) is 0 Å². The minimum absolute atomic E-state index is 0.273. The lowest BCUT2D eigenvalue weighted by atomic mass is 9.98. The van der Waals surface area contributed by atoms with Crippen molar-refractivity contribution in [3.05, 3.63) is 41.0 Å². The average molecular weight is 360 g/mol. The molecule has 0 aliphatic rings. The van der Waals surface area contributed by atoms with Crippen LogP contribution in [0.25, 0.3) is 0 Å². The smallest absolute Gasteiger partial charge is 0.451 e. The van der Waals surface area contributed by atoms with Crippen LogP contribution < -0.4 is 0 Å². The zero-order valence-corrected chi connectivity index (χ0v) is 14.7. The highest BCUT2D eigenvalue weighted by atomic mass is 32.2. The SMILES string of the molecule is CCO/C(=C(/C#CC(C)(C)C)S(=O)(=O)c1ccccc1)C(F)(F)F. The van der Waals surface area contributed by atoms with Crippen LogP contribution in [0.15, 0.2) is 45.9 Å². The molecule has 1 rings (SSSR count). The van der Waals surface area contributed by atoms with Crippen LogP contribution in [0.1, 0.15) is 27.7 Å². The van der Waals surface area contributed by atoms with E-state index in [1.165, 1.54) is 31.2 Å². The van der Waals surface area contributed by atoms with E-state index in [9.17, 15) is 21.6 Å². The molecule has 0 radical (unpaired) electrons. The summed E-state index contributed by atoms with van der Waals surface area (Å²) >= 11 is 0. The van der Waals surface area contributed by atoms with E-state index in [0.29, 0.717) is 0 Å². The van der Waals surface area contributed by atoms with E-state index in [-0.39, 0.29) is 11.5 Å². The number of alkyl halides is 3. The molecule has 132 valence electrons. The van der Waals surface area contributed by atoms with Gasteiger partial charge in [0.1, 0.15) is 0 Å². The van der Waals surface area contributed by atoms with E-state index in [1.807, 2.05) is 0 Å². The number of hydrogen-bond acceptors (Lipinski definition) is 3. The summed E-state index contributed by atoms with van der Waals surface area (Å²) in [5, 5.41) is 0. The van der Waals surface area contributed by atoms with Crippen molar-refractivity contribution < 1.29 is 26.3 Å². The molecule has 0 amide bonds. The van der Waals surface area contributed by atoms with Crippen LogP contribution in [0.4, 0.5) is 13.2 Å². The van der Waals surface area contributed by atoms with Crippen molar-refractivity contribution in [1.82, 2.24) is 0 Å². The molecule has 0 heterocycles. The molecule has 0 atom stereocenters. The zero-order valence-electron chi connectivity index (χ0n) is 13.9. The summed E-state index contributed by atoms with van der Waals surface area (Å²) in [6.45, 7) is 6.01. The van der Waals surface area contributed by atoms with Gasteiger partial charge in [0.2, 0.25) is 15.6 Å². The molecule has 0 unspecified atom stereocenters. The molecular formula is C17H19F3O3S. The highest BCUT2D eigenvalue weighted by molar-refractivity contribution is 7.95. The lowest BCUT2D eigenvalue weighted by Crippen LogP contribution is -2.21. The highest BCUT2D eigenvalue weighted by Crippen LogP contribution is 2.33. The molecule has 3 nitrogen and oxygen atoms in total. The van der Waals surface area contributed by atoms with Crippen LogP contribution in [-0.2, 0) is 14.6 Å². The maximum absolute atomic E-state index is 13.3. The maximum Gasteiger partial charge on any atom is 0.451 e. The summed E-state index contributed by atoms with van der Waals surface area (Å²) < 4.78 is 69.9. The molecule has 1 aromatic carbocycles. The molecule has 0 spiro atoms. The predicted molar refractivity (Wildman–Crippen MR) is 85.6 cm³/mol. The molecule has 1 aromatic rings. The Bertz CT molecular complexity index is 759. The fraction of sp³-hybridized carbons (Fsp3) is 0.412. The first-order valence-corrected chi connectivity index (χ1v) is 8.65. The van der Waals surface area contributed by atoms with Crippen molar-refractivity contribution in [1.29, 1.82) is 0 Å². The normalized spacial score (nSPS) is 13.6. The van der Waals surface area contributed by atoms with Crippen molar-refractivity contribution >= 4 is 9.84 Å². The van der Waals surface area contributed by atoms with Crippen LogP contribution in [0.3, 0.4) is 0 Å². The third kappa shape index (κ3) is 5.31. The first-order valence-electron chi connectivity index (χ1n) is 7.17. The Labute approximate surface area is 140 Å². The molecule has 7 heteroatoms. The Hall–Kier alpha value is -1.94. The third-order valence-corrected chi connectivity index (χ3v) is 4.34. The standard InChI is InChI=1S/C17H19F3O3S/c1-5-23-15(17(18,19)20)14(11-12-16(2,3)4)24(21,22)13-9-7-6-8-10-13/h6-10H,5H2,1-4H3/b15-14-. The third-order valence-electron chi connectivity index (χ3n) is 2.63. The van der Waals surface area contributed by atoms with Gasteiger partial charge in [0.05, 0.1) is 11.5 Å². The second-order valence-electron chi connectivity index (χ2n) is 5.91. The van der Waals surface area contributed by atoms with Crippen LogP contribution >= 0.6 is 0 Å². The zero-order chi connectivity index (χ0) is 18.6. The Morgan fingerprint density at radius 1 is 1.12 bits per heavy atom. The number of hydrogen-bond donors (Lipinski definition) is 0. The van der Waals surface area contributed by atoms with Crippen molar-refractivity contribution in [2.75, 3.05) is 6.61 Å². The first kappa shape index (κ1) is 20.1. The van der Waals surface area contributed by atoms with Gasteiger partial charge in [-0.3, -0.25) is 0 Å². The Morgan fingerprint density at radius 2 is 1.67 bits per heavy atom. The predicted octanol–water partition coefficient (Wildman–Crippen LogP) is 4.32. The Balaban J connectivity index is 3.75. The van der Waals surface area contributed by atoms with Gasteiger partial charge in [-0.2, -0.15) is 13.2 Å². The van der Waals surface area contributed by atoms with E-state index < -0.39 is 32.1 Å². The second-order valence-corrected chi connectivity index (χ2v) is 7.79. The number of sulfone groups is 1. The van der Waals surface area contributed by atoms with Crippen LogP contribution in [-0.4, -0.2) is 21.2 Å². The second kappa shape index (κ2) is 7.31. The van der Waals surface area contributed by atoms with Gasteiger partial charge >= 0.3 is 6.18 Å². The van der Waals surface area contributed by atoms with Crippen molar-refractivity contribution in [3.63, 3.8) is 0 Å². The number of halogens is 3. The lowest BCUT2D eigenvalue weighted by molar-refractivity contribution is -0.130. The molecule has 0 saturated carbocycles. The molecule has 0 saturated heterocycles. The minimum Gasteiger partial charge on any atom is -0.488 e. The molecule has 0 aliphatic heterocycles. The van der Waals surface area contributed by atoms with Crippen LogP contribution in [0.2, 0.25) is 0 Å². The van der Waals surface area contributed by atoms with Gasteiger partial charge in [0.25, 0.3) is 0 Å². The number of rotatable bonds is 4. The van der Waals surface area contributed by atoms with E-state index >= 15 is 0 Å². The number of benzene rings is 1. The monoisotopic (exact) mass is 360 g/mol. The largest absolute Gasteiger partial charge is 0.488 e. The summed E-state index contributed by atoms with van der Waals surface area (Å²) in [4.78, 5) is -1.34. The van der Waals surface area contributed by atoms with Gasteiger partial charge in [0, 0.05) is 5.41 Å². The Morgan fingerprint density at radius 3 is 2.08 bits per heavy atom. The molecular weight excluding hydrogens is 341 g/mol. The average Bonchev–Trinajstić information content (AvgIpc) is 2.45. The molecule has 0 aliphatic carbocycles. The topological polar surface area (TPSA) is 43.4 Å². The molecule has 0 N–H and O–H groups in total. The van der Waals surface area contributed by atoms with Gasteiger partial charge in [-0.15, -0.1) is 0 Å². The highest BCUT2D eigenvalue weighted by Gasteiger charge is 2.42. The summed E-state index contributed by atoms with van der Waals surface area (Å²) in [5.41, 5.74) is -0.680.